The van der Waals surface area contributed by atoms with Crippen LogP contribution >= 0.6 is 21.6 Å². The van der Waals surface area contributed by atoms with Crippen LogP contribution in [0.2, 0.25) is 0 Å². The maximum Gasteiger partial charge on any atom is 0.217 e. The van der Waals surface area contributed by atoms with Gasteiger partial charge in [-0.1, -0.05) is 16.9 Å². The number of ether oxygens (including phenoxy) is 6. The SMILES string of the molecule is CC(=O)N[C@H]1[C@H]2OC[C@](COCCOCCOCCOCCSSc3ccccn3)(O2)[C@H](O)[C@@H]1O. The molecule has 3 heterocycles. The number of hydrogen-bond donors (Lipinski definition) is 3. The summed E-state index contributed by atoms with van der Waals surface area (Å²) in [6.07, 6.45) is -1.53. The zero-order valence-electron chi connectivity index (χ0n) is 19.7. The molecule has 0 saturated carbocycles. The van der Waals surface area contributed by atoms with Crippen LogP contribution in [0.3, 0.4) is 0 Å². The van der Waals surface area contributed by atoms with Gasteiger partial charge in [0.05, 0.1) is 59.5 Å². The van der Waals surface area contributed by atoms with E-state index in [1.165, 1.54) is 6.92 Å². The predicted molar refractivity (Wildman–Crippen MR) is 129 cm³/mol. The monoisotopic (exact) mass is 534 g/mol. The van der Waals surface area contributed by atoms with Crippen LogP contribution in [0.15, 0.2) is 29.4 Å². The molecule has 35 heavy (non-hydrogen) atoms. The van der Waals surface area contributed by atoms with Gasteiger partial charge in [-0.2, -0.15) is 0 Å². The summed E-state index contributed by atoms with van der Waals surface area (Å²) in [5.74, 6) is 0.526. The second-order valence-electron chi connectivity index (χ2n) is 7.99. The molecule has 3 rings (SSSR count). The van der Waals surface area contributed by atoms with Gasteiger partial charge < -0.3 is 44.0 Å². The molecule has 0 radical (unpaired) electrons. The quantitative estimate of drug-likeness (QED) is 0.186. The molecule has 1 aromatic rings. The normalized spacial score (nSPS) is 27.7. The van der Waals surface area contributed by atoms with Crippen LogP contribution in [0.5, 0.6) is 0 Å². The van der Waals surface area contributed by atoms with Crippen molar-refractivity contribution in [2.75, 3.05) is 65.2 Å². The third-order valence-electron chi connectivity index (χ3n) is 5.29. The van der Waals surface area contributed by atoms with Gasteiger partial charge in [-0.05, 0) is 22.9 Å². The van der Waals surface area contributed by atoms with Crippen LogP contribution in [-0.4, -0.2) is 116 Å². The molecular formula is C22H34N2O9S2. The van der Waals surface area contributed by atoms with Crippen molar-refractivity contribution in [1.29, 1.82) is 0 Å². The van der Waals surface area contributed by atoms with E-state index in [4.69, 9.17) is 28.4 Å². The zero-order valence-corrected chi connectivity index (χ0v) is 21.3. The van der Waals surface area contributed by atoms with Gasteiger partial charge in [0, 0.05) is 18.9 Å². The molecule has 2 saturated heterocycles. The summed E-state index contributed by atoms with van der Waals surface area (Å²) in [4.78, 5) is 15.6. The Labute approximate surface area is 212 Å². The number of carbonyl (C=O) groups is 1. The number of carbonyl (C=O) groups excluding carboxylic acids is 1. The minimum absolute atomic E-state index is 0.0321. The minimum Gasteiger partial charge on any atom is -0.388 e. The summed E-state index contributed by atoms with van der Waals surface area (Å²) in [7, 11) is 3.34. The van der Waals surface area contributed by atoms with Gasteiger partial charge in [-0.3, -0.25) is 4.79 Å². The number of nitrogens with one attached hydrogen (secondary N) is 1. The first-order valence-corrected chi connectivity index (χ1v) is 13.8. The Hall–Kier alpha value is -1.00. The lowest BCUT2D eigenvalue weighted by Crippen LogP contribution is -2.66. The van der Waals surface area contributed by atoms with E-state index in [9.17, 15) is 15.0 Å². The fraction of sp³-hybridized carbons (Fsp3) is 0.727. The number of aliphatic hydroxyl groups is 2. The van der Waals surface area contributed by atoms with Gasteiger partial charge in [0.2, 0.25) is 5.91 Å². The van der Waals surface area contributed by atoms with Crippen molar-refractivity contribution in [3.8, 4) is 0 Å². The number of rotatable bonds is 17. The van der Waals surface area contributed by atoms with Crippen molar-refractivity contribution in [2.24, 2.45) is 0 Å². The smallest absolute Gasteiger partial charge is 0.217 e. The van der Waals surface area contributed by atoms with Gasteiger partial charge in [-0.25, -0.2) is 4.98 Å². The van der Waals surface area contributed by atoms with E-state index in [2.05, 4.69) is 10.3 Å². The lowest BCUT2D eigenvalue weighted by molar-refractivity contribution is -0.238. The lowest BCUT2D eigenvalue weighted by atomic mass is 9.88. The van der Waals surface area contributed by atoms with E-state index in [1.54, 1.807) is 27.8 Å². The Balaban J connectivity index is 1.13. The van der Waals surface area contributed by atoms with Crippen molar-refractivity contribution in [3.63, 3.8) is 0 Å². The Kier molecular flexibility index (Phi) is 12.5. The molecule has 198 valence electrons. The fourth-order valence-electron chi connectivity index (χ4n) is 3.57. The number of aromatic nitrogens is 1. The first-order chi connectivity index (χ1) is 17.0. The first-order valence-electron chi connectivity index (χ1n) is 11.5. The standard InChI is InChI=1S/C22H34N2O9S2/c1-16(25)24-18-19(26)20(27)22(15-32-21(18)33-22)14-31-11-10-29-7-6-28-8-9-30-12-13-34-35-17-4-2-3-5-23-17/h2-5,18-21,26-27H,6-15H2,1H3,(H,24,25)/t18-,19-,20-,21+,22+/m1/s1. The van der Waals surface area contributed by atoms with E-state index in [0.29, 0.717) is 39.6 Å². The fourth-order valence-corrected chi connectivity index (χ4v) is 5.31. The third kappa shape index (κ3) is 9.11. The predicted octanol–water partition coefficient (Wildman–Crippen LogP) is 0.240. The van der Waals surface area contributed by atoms with Gasteiger partial charge >= 0.3 is 0 Å². The number of amides is 1. The molecule has 0 aromatic carbocycles. The van der Waals surface area contributed by atoms with Gasteiger partial charge in [0.25, 0.3) is 0 Å². The molecule has 1 aromatic heterocycles. The summed E-state index contributed by atoms with van der Waals surface area (Å²) < 4.78 is 33.4. The average molecular weight is 535 g/mol. The summed E-state index contributed by atoms with van der Waals surface area (Å²) in [6, 6.07) is 5.01. The summed E-state index contributed by atoms with van der Waals surface area (Å²) in [5, 5.41) is 24.4. The van der Waals surface area contributed by atoms with Crippen LogP contribution < -0.4 is 5.32 Å². The summed E-state index contributed by atoms with van der Waals surface area (Å²) >= 11 is 0. The topological polar surface area (TPSA) is 138 Å². The molecule has 5 atom stereocenters. The van der Waals surface area contributed by atoms with Crippen LogP contribution in [-0.2, 0) is 33.2 Å². The maximum absolute atomic E-state index is 11.3. The second kappa shape index (κ2) is 15.3. The molecule has 2 bridgehead atoms. The van der Waals surface area contributed by atoms with Crippen molar-refractivity contribution in [3.05, 3.63) is 24.4 Å². The highest BCUT2D eigenvalue weighted by atomic mass is 33.1. The molecule has 13 heteroatoms. The Morgan fingerprint density at radius 2 is 1.80 bits per heavy atom. The molecule has 3 N–H and O–H groups in total. The molecule has 11 nitrogen and oxygen atoms in total. The summed E-state index contributed by atoms with van der Waals surface area (Å²) in [6.45, 7) is 4.59. The molecule has 0 unspecified atom stereocenters. The van der Waals surface area contributed by atoms with Gasteiger partial charge in [0.15, 0.2) is 6.29 Å². The first kappa shape index (κ1) is 28.6. The Morgan fingerprint density at radius 1 is 1.11 bits per heavy atom. The third-order valence-corrected chi connectivity index (χ3v) is 7.52. The number of aliphatic hydroxyl groups excluding tert-OH is 2. The molecule has 2 aliphatic rings. The van der Waals surface area contributed by atoms with E-state index >= 15 is 0 Å². The van der Waals surface area contributed by atoms with Gasteiger partial charge in [0.1, 0.15) is 28.9 Å². The molecule has 2 fully saturated rings. The second-order valence-corrected chi connectivity index (χ2v) is 10.4. The average Bonchev–Trinajstić information content (AvgIpc) is 3.26. The van der Waals surface area contributed by atoms with Crippen LogP contribution in [0.1, 0.15) is 6.92 Å². The van der Waals surface area contributed by atoms with Gasteiger partial charge in [-0.15, -0.1) is 0 Å². The number of hydrogen-bond acceptors (Lipinski definition) is 12. The molecular weight excluding hydrogens is 500 g/mol. The minimum atomic E-state index is -1.26. The highest BCUT2D eigenvalue weighted by Gasteiger charge is 2.59. The highest BCUT2D eigenvalue weighted by molar-refractivity contribution is 8.76. The Bertz CT molecular complexity index is 751. The van der Waals surface area contributed by atoms with E-state index in [0.717, 1.165) is 10.8 Å². The van der Waals surface area contributed by atoms with Crippen LogP contribution in [0.4, 0.5) is 0 Å². The molecule has 0 aliphatic carbocycles. The lowest BCUT2D eigenvalue weighted by Gasteiger charge is -2.42. The highest BCUT2D eigenvalue weighted by Crippen LogP contribution is 2.37. The zero-order chi connectivity index (χ0) is 24.9. The van der Waals surface area contributed by atoms with Crippen LogP contribution in [0.25, 0.3) is 0 Å². The van der Waals surface area contributed by atoms with Crippen molar-refractivity contribution < 1.29 is 43.4 Å². The largest absolute Gasteiger partial charge is 0.388 e. The van der Waals surface area contributed by atoms with Crippen LogP contribution in [0, 0.1) is 0 Å². The molecule has 2 aliphatic heterocycles. The van der Waals surface area contributed by atoms with E-state index in [1.807, 2.05) is 18.2 Å². The maximum atomic E-state index is 11.3. The number of pyridine rings is 1. The molecule has 1 amide bonds. The number of fused-ring (bicyclic) bond motifs is 2. The summed E-state index contributed by atoms with van der Waals surface area (Å²) in [5.41, 5.74) is -1.17. The Morgan fingerprint density at radius 3 is 2.46 bits per heavy atom. The van der Waals surface area contributed by atoms with Crippen molar-refractivity contribution >= 4 is 27.5 Å². The van der Waals surface area contributed by atoms with Crippen molar-refractivity contribution in [1.82, 2.24) is 10.3 Å². The van der Waals surface area contributed by atoms with E-state index in [-0.39, 0.29) is 25.7 Å². The van der Waals surface area contributed by atoms with Crippen molar-refractivity contribution in [2.45, 2.75) is 42.1 Å². The molecule has 0 spiro atoms. The van der Waals surface area contributed by atoms with E-state index < -0.39 is 30.1 Å². The number of nitrogens with zero attached hydrogens (tertiary/aromatic N) is 1.